The van der Waals surface area contributed by atoms with Crippen LogP contribution >= 0.6 is 0 Å². The molecule has 0 aliphatic heterocycles. The Morgan fingerprint density at radius 2 is 1.24 bits per heavy atom. The number of amides is 1. The SMILES string of the molecule is O=C(Nc1ccc(-c2c3ccccc3nc3ccccc23)cc1)C12CC3CC(CC(C3)C1)C2. The predicted molar refractivity (Wildman–Crippen MR) is 134 cm³/mol. The lowest BCUT2D eigenvalue weighted by Crippen LogP contribution is -2.51. The third-order valence-electron chi connectivity index (χ3n) is 8.54. The smallest absolute Gasteiger partial charge is 0.230 e. The van der Waals surface area contributed by atoms with Crippen LogP contribution in [0.2, 0.25) is 0 Å². The van der Waals surface area contributed by atoms with Crippen LogP contribution in [-0.2, 0) is 4.79 Å². The summed E-state index contributed by atoms with van der Waals surface area (Å²) < 4.78 is 0. The van der Waals surface area contributed by atoms with Crippen LogP contribution in [0, 0.1) is 23.2 Å². The Bertz CT molecular complexity index is 1300. The molecule has 1 amide bonds. The van der Waals surface area contributed by atoms with E-state index in [4.69, 9.17) is 4.98 Å². The number of carbonyl (C=O) groups is 1. The number of fused-ring (bicyclic) bond motifs is 2. The summed E-state index contributed by atoms with van der Waals surface area (Å²) in [7, 11) is 0. The van der Waals surface area contributed by atoms with Crippen LogP contribution in [-0.4, -0.2) is 10.9 Å². The third-order valence-corrected chi connectivity index (χ3v) is 8.54. The standard InChI is InChI=1S/C30H28N2O/c33-29(30-16-19-13-20(17-30)15-21(14-19)18-30)31-23-11-9-22(10-12-23)28-24-5-1-3-7-26(24)32-27-8-4-2-6-25(27)28/h1-12,19-21H,13-18H2,(H,31,33). The van der Waals surface area contributed by atoms with Gasteiger partial charge in [0.15, 0.2) is 0 Å². The van der Waals surface area contributed by atoms with Crippen LogP contribution in [0.15, 0.2) is 72.8 Å². The van der Waals surface area contributed by atoms with Crippen molar-refractivity contribution in [1.29, 1.82) is 0 Å². The highest BCUT2D eigenvalue weighted by Gasteiger charge is 2.54. The van der Waals surface area contributed by atoms with Crippen molar-refractivity contribution in [2.24, 2.45) is 23.2 Å². The molecule has 3 heteroatoms. The predicted octanol–water partition coefficient (Wildman–Crippen LogP) is 7.21. The molecule has 4 aromatic rings. The molecule has 3 nitrogen and oxygen atoms in total. The Morgan fingerprint density at radius 1 is 0.727 bits per heavy atom. The second-order valence-electron chi connectivity index (χ2n) is 10.8. The van der Waals surface area contributed by atoms with Gasteiger partial charge in [0.25, 0.3) is 0 Å². The van der Waals surface area contributed by atoms with Gasteiger partial charge in [-0.25, -0.2) is 4.98 Å². The number of nitrogens with one attached hydrogen (secondary N) is 1. The molecular weight excluding hydrogens is 404 g/mol. The summed E-state index contributed by atoms with van der Waals surface area (Å²) in [6.07, 6.45) is 7.35. The van der Waals surface area contributed by atoms with Crippen molar-refractivity contribution in [2.75, 3.05) is 5.32 Å². The van der Waals surface area contributed by atoms with Gasteiger partial charge in [0.2, 0.25) is 5.91 Å². The lowest BCUT2D eigenvalue weighted by atomic mass is 9.49. The van der Waals surface area contributed by atoms with Gasteiger partial charge in [-0.15, -0.1) is 0 Å². The van der Waals surface area contributed by atoms with E-state index >= 15 is 0 Å². The zero-order chi connectivity index (χ0) is 22.0. The first kappa shape index (κ1) is 19.3. The Balaban J connectivity index is 1.22. The first-order chi connectivity index (χ1) is 16.2. The molecule has 33 heavy (non-hydrogen) atoms. The first-order valence-corrected chi connectivity index (χ1v) is 12.4. The fraction of sp³-hybridized carbons (Fsp3) is 0.333. The van der Waals surface area contributed by atoms with E-state index in [0.717, 1.165) is 70.1 Å². The van der Waals surface area contributed by atoms with Gasteiger partial charge in [0, 0.05) is 22.0 Å². The Hall–Kier alpha value is -3.20. The highest BCUT2D eigenvalue weighted by molar-refractivity contribution is 6.09. The molecule has 4 fully saturated rings. The molecule has 0 spiro atoms. The zero-order valence-corrected chi connectivity index (χ0v) is 18.8. The van der Waals surface area contributed by atoms with E-state index in [-0.39, 0.29) is 11.3 Å². The van der Waals surface area contributed by atoms with Crippen molar-refractivity contribution in [3.8, 4) is 11.1 Å². The number of anilines is 1. The highest BCUT2D eigenvalue weighted by atomic mass is 16.2. The number of pyridine rings is 1. The number of rotatable bonds is 3. The van der Waals surface area contributed by atoms with E-state index in [1.807, 2.05) is 12.1 Å². The maximum absolute atomic E-state index is 13.5. The molecule has 0 atom stereocenters. The molecule has 4 aliphatic carbocycles. The fourth-order valence-corrected chi connectivity index (χ4v) is 7.52. The number of hydrogen-bond donors (Lipinski definition) is 1. The van der Waals surface area contributed by atoms with Gasteiger partial charge in [-0.1, -0.05) is 48.5 Å². The minimum atomic E-state index is -0.120. The maximum Gasteiger partial charge on any atom is 0.230 e. The van der Waals surface area contributed by atoms with Crippen LogP contribution in [0.4, 0.5) is 5.69 Å². The Morgan fingerprint density at radius 3 is 1.79 bits per heavy atom. The average Bonchev–Trinajstić information content (AvgIpc) is 2.82. The van der Waals surface area contributed by atoms with Gasteiger partial charge in [-0.2, -0.15) is 0 Å². The molecule has 164 valence electrons. The second kappa shape index (κ2) is 7.15. The van der Waals surface area contributed by atoms with E-state index in [1.165, 1.54) is 24.8 Å². The number of benzene rings is 3. The van der Waals surface area contributed by atoms with Gasteiger partial charge >= 0.3 is 0 Å². The topological polar surface area (TPSA) is 42.0 Å². The molecule has 4 bridgehead atoms. The second-order valence-corrected chi connectivity index (χ2v) is 10.8. The third kappa shape index (κ3) is 3.09. The van der Waals surface area contributed by atoms with Crippen molar-refractivity contribution in [3.05, 3.63) is 72.8 Å². The number of aromatic nitrogens is 1. The van der Waals surface area contributed by atoms with Gasteiger partial charge in [0.05, 0.1) is 16.4 Å². The monoisotopic (exact) mass is 432 g/mol. The number of carbonyl (C=O) groups excluding carboxylic acids is 1. The quantitative estimate of drug-likeness (QED) is 0.348. The molecular formula is C30H28N2O. The Labute approximate surface area is 194 Å². The Kier molecular flexibility index (Phi) is 4.18. The van der Waals surface area contributed by atoms with E-state index in [1.54, 1.807) is 0 Å². The normalized spacial score (nSPS) is 27.8. The van der Waals surface area contributed by atoms with E-state index in [9.17, 15) is 4.79 Å². The largest absolute Gasteiger partial charge is 0.326 e. The van der Waals surface area contributed by atoms with E-state index < -0.39 is 0 Å². The van der Waals surface area contributed by atoms with Gasteiger partial charge < -0.3 is 5.32 Å². The number of hydrogen-bond acceptors (Lipinski definition) is 2. The molecule has 1 N–H and O–H groups in total. The zero-order valence-electron chi connectivity index (χ0n) is 18.8. The van der Waals surface area contributed by atoms with Crippen molar-refractivity contribution >= 4 is 33.4 Å². The van der Waals surface area contributed by atoms with Crippen LogP contribution in [0.1, 0.15) is 38.5 Å². The average molecular weight is 433 g/mol. The van der Waals surface area contributed by atoms with Gasteiger partial charge in [-0.3, -0.25) is 4.79 Å². The molecule has 4 aliphatic rings. The lowest BCUT2D eigenvalue weighted by molar-refractivity contribution is -0.140. The van der Waals surface area contributed by atoms with Crippen molar-refractivity contribution in [2.45, 2.75) is 38.5 Å². The molecule has 0 unspecified atom stereocenters. The number of nitrogens with zero attached hydrogens (tertiary/aromatic N) is 1. The van der Waals surface area contributed by atoms with Crippen molar-refractivity contribution in [3.63, 3.8) is 0 Å². The van der Waals surface area contributed by atoms with Crippen LogP contribution < -0.4 is 5.32 Å². The fourth-order valence-electron chi connectivity index (χ4n) is 7.52. The summed E-state index contributed by atoms with van der Waals surface area (Å²) in [6, 6.07) is 25.1. The molecule has 4 saturated carbocycles. The van der Waals surface area contributed by atoms with E-state index in [2.05, 4.69) is 66.0 Å². The molecule has 8 rings (SSSR count). The summed E-state index contributed by atoms with van der Waals surface area (Å²) in [5, 5.41) is 5.61. The highest BCUT2D eigenvalue weighted by Crippen LogP contribution is 2.60. The summed E-state index contributed by atoms with van der Waals surface area (Å²) in [4.78, 5) is 18.3. The molecule has 3 aromatic carbocycles. The first-order valence-electron chi connectivity index (χ1n) is 12.4. The number of para-hydroxylation sites is 2. The molecule has 1 aromatic heterocycles. The van der Waals surface area contributed by atoms with Gasteiger partial charge in [-0.05, 0) is 86.1 Å². The summed E-state index contributed by atoms with van der Waals surface area (Å²) in [5.74, 6) is 2.59. The summed E-state index contributed by atoms with van der Waals surface area (Å²) in [5.41, 5.74) is 5.15. The van der Waals surface area contributed by atoms with E-state index in [0.29, 0.717) is 0 Å². The lowest BCUT2D eigenvalue weighted by Gasteiger charge is -2.55. The van der Waals surface area contributed by atoms with Gasteiger partial charge in [0.1, 0.15) is 0 Å². The van der Waals surface area contributed by atoms with Crippen molar-refractivity contribution in [1.82, 2.24) is 4.98 Å². The summed E-state index contributed by atoms with van der Waals surface area (Å²) >= 11 is 0. The van der Waals surface area contributed by atoms with Crippen LogP contribution in [0.3, 0.4) is 0 Å². The minimum absolute atomic E-state index is 0.120. The molecule has 1 heterocycles. The van der Waals surface area contributed by atoms with Crippen LogP contribution in [0.25, 0.3) is 32.9 Å². The maximum atomic E-state index is 13.5. The van der Waals surface area contributed by atoms with Crippen molar-refractivity contribution < 1.29 is 4.79 Å². The minimum Gasteiger partial charge on any atom is -0.326 e. The van der Waals surface area contributed by atoms with Crippen LogP contribution in [0.5, 0.6) is 0 Å². The molecule has 0 saturated heterocycles. The molecule has 0 radical (unpaired) electrons. The summed E-state index contributed by atoms with van der Waals surface area (Å²) in [6.45, 7) is 0.